The minimum atomic E-state index is -0.139. The number of aromatic nitrogens is 5. The van der Waals surface area contributed by atoms with E-state index in [9.17, 15) is 4.79 Å². The fraction of sp³-hybridized carbons (Fsp3) is 0.320. The molecule has 1 N–H and O–H groups in total. The van der Waals surface area contributed by atoms with Crippen molar-refractivity contribution in [3.63, 3.8) is 0 Å². The van der Waals surface area contributed by atoms with Crippen LogP contribution in [-0.4, -0.2) is 50.3 Å². The third kappa shape index (κ3) is 4.57. The fourth-order valence-corrected chi connectivity index (χ4v) is 4.50. The van der Waals surface area contributed by atoms with Crippen LogP contribution in [0.3, 0.4) is 0 Å². The summed E-state index contributed by atoms with van der Waals surface area (Å²) in [5.41, 5.74) is 4.04. The van der Waals surface area contributed by atoms with Crippen LogP contribution in [0.5, 0.6) is 0 Å². The highest BCUT2D eigenvalue weighted by molar-refractivity contribution is 6.33. The molecule has 1 saturated heterocycles. The SMILES string of the molecule is Cc1cncc(-c2ccc(-c3cc4cnc(C)nc4n(CCC4CNCCO4)c3=O)c(Cl)c2)n1. The van der Waals surface area contributed by atoms with Crippen LogP contribution in [0.15, 0.2) is 47.7 Å². The van der Waals surface area contributed by atoms with Crippen molar-refractivity contribution in [2.75, 3.05) is 19.7 Å². The second kappa shape index (κ2) is 9.58. The largest absolute Gasteiger partial charge is 0.376 e. The highest BCUT2D eigenvalue weighted by Gasteiger charge is 2.18. The van der Waals surface area contributed by atoms with Gasteiger partial charge in [-0.15, -0.1) is 0 Å². The molecule has 1 aliphatic heterocycles. The number of nitrogens with one attached hydrogen (secondary N) is 1. The summed E-state index contributed by atoms with van der Waals surface area (Å²) in [7, 11) is 0. The molecule has 1 atom stereocenters. The molecule has 1 aromatic carbocycles. The topological polar surface area (TPSA) is 94.8 Å². The Hall–Kier alpha value is -3.20. The highest BCUT2D eigenvalue weighted by atomic mass is 35.5. The minimum Gasteiger partial charge on any atom is -0.376 e. The molecule has 0 saturated carbocycles. The number of rotatable bonds is 5. The van der Waals surface area contributed by atoms with Crippen molar-refractivity contribution < 1.29 is 4.74 Å². The molecule has 0 aliphatic carbocycles. The van der Waals surface area contributed by atoms with Gasteiger partial charge in [0.1, 0.15) is 11.5 Å². The fourth-order valence-electron chi connectivity index (χ4n) is 4.22. The van der Waals surface area contributed by atoms with Crippen LogP contribution in [0, 0.1) is 13.8 Å². The quantitative estimate of drug-likeness (QED) is 0.470. The number of hydrogen-bond acceptors (Lipinski definition) is 7. The lowest BCUT2D eigenvalue weighted by atomic mass is 10.0. The Labute approximate surface area is 202 Å². The van der Waals surface area contributed by atoms with Crippen molar-refractivity contribution >= 4 is 22.6 Å². The lowest BCUT2D eigenvalue weighted by Crippen LogP contribution is -2.39. The van der Waals surface area contributed by atoms with E-state index in [1.165, 1.54) is 0 Å². The summed E-state index contributed by atoms with van der Waals surface area (Å²) in [6.45, 7) is 6.50. The summed E-state index contributed by atoms with van der Waals surface area (Å²) in [6.07, 6.45) is 5.91. The van der Waals surface area contributed by atoms with E-state index in [0.29, 0.717) is 47.2 Å². The Morgan fingerprint density at radius 2 is 2.03 bits per heavy atom. The van der Waals surface area contributed by atoms with E-state index in [0.717, 1.165) is 35.4 Å². The average Bonchev–Trinajstić information content (AvgIpc) is 2.84. The maximum Gasteiger partial charge on any atom is 0.260 e. The number of ether oxygens (including phenoxy) is 1. The summed E-state index contributed by atoms with van der Waals surface area (Å²) in [6, 6.07) is 7.41. The van der Waals surface area contributed by atoms with Gasteiger partial charge >= 0.3 is 0 Å². The van der Waals surface area contributed by atoms with Gasteiger partial charge in [0.25, 0.3) is 5.56 Å². The summed E-state index contributed by atoms with van der Waals surface area (Å²) >= 11 is 6.70. The molecule has 8 nitrogen and oxygen atoms in total. The van der Waals surface area contributed by atoms with Crippen LogP contribution >= 0.6 is 11.6 Å². The molecule has 1 fully saturated rings. The first-order valence-electron chi connectivity index (χ1n) is 11.3. The second-order valence-corrected chi connectivity index (χ2v) is 8.84. The zero-order valence-corrected chi connectivity index (χ0v) is 19.8. The van der Waals surface area contributed by atoms with Gasteiger partial charge in [-0.1, -0.05) is 23.7 Å². The van der Waals surface area contributed by atoms with Crippen molar-refractivity contribution in [2.45, 2.75) is 32.9 Å². The van der Waals surface area contributed by atoms with Gasteiger partial charge in [0.05, 0.1) is 30.3 Å². The van der Waals surface area contributed by atoms with E-state index in [1.807, 2.05) is 38.1 Å². The van der Waals surface area contributed by atoms with E-state index < -0.39 is 0 Å². The number of halogens is 1. The molecule has 1 unspecified atom stereocenters. The maximum absolute atomic E-state index is 13.7. The second-order valence-electron chi connectivity index (χ2n) is 8.44. The summed E-state index contributed by atoms with van der Waals surface area (Å²) < 4.78 is 7.55. The molecule has 174 valence electrons. The standard InChI is InChI=1S/C25H25ClN6O2/c1-15-11-28-14-23(30-15)17-3-4-20(22(26)10-17)21-9-18-12-29-16(2)31-24(18)32(25(21)33)7-5-19-13-27-6-8-34-19/h3-4,9-12,14,19,27H,5-8,13H2,1-2H3. The molecule has 4 heterocycles. The van der Waals surface area contributed by atoms with E-state index in [1.54, 1.807) is 23.2 Å². The number of aryl methyl sites for hydroxylation is 3. The zero-order valence-electron chi connectivity index (χ0n) is 19.1. The molecule has 0 spiro atoms. The molecule has 34 heavy (non-hydrogen) atoms. The first-order chi connectivity index (χ1) is 16.5. The number of fused-ring (bicyclic) bond motifs is 1. The third-order valence-corrected chi connectivity index (χ3v) is 6.25. The normalized spacial score (nSPS) is 16.1. The van der Waals surface area contributed by atoms with Crippen LogP contribution < -0.4 is 10.9 Å². The van der Waals surface area contributed by atoms with Crippen molar-refractivity contribution in [1.29, 1.82) is 0 Å². The molecule has 5 rings (SSSR count). The molecule has 4 aromatic rings. The Morgan fingerprint density at radius 1 is 1.15 bits per heavy atom. The average molecular weight is 477 g/mol. The minimum absolute atomic E-state index is 0.0561. The Balaban J connectivity index is 1.57. The zero-order chi connectivity index (χ0) is 23.7. The van der Waals surface area contributed by atoms with Gasteiger partial charge in [0, 0.05) is 59.1 Å². The summed E-state index contributed by atoms with van der Waals surface area (Å²) in [4.78, 5) is 31.3. The van der Waals surface area contributed by atoms with E-state index in [2.05, 4.69) is 25.3 Å². The first kappa shape index (κ1) is 22.6. The lowest BCUT2D eigenvalue weighted by molar-refractivity contribution is 0.0211. The van der Waals surface area contributed by atoms with Crippen LogP contribution in [0.25, 0.3) is 33.4 Å². The Morgan fingerprint density at radius 3 is 2.79 bits per heavy atom. The molecule has 0 bridgehead atoms. The van der Waals surface area contributed by atoms with E-state index >= 15 is 0 Å². The smallest absolute Gasteiger partial charge is 0.260 e. The lowest BCUT2D eigenvalue weighted by Gasteiger charge is -2.24. The van der Waals surface area contributed by atoms with Gasteiger partial charge in [-0.3, -0.25) is 14.3 Å². The van der Waals surface area contributed by atoms with Gasteiger partial charge in [-0.25, -0.2) is 15.0 Å². The van der Waals surface area contributed by atoms with Crippen LogP contribution in [0.1, 0.15) is 17.9 Å². The predicted molar refractivity (Wildman–Crippen MR) is 132 cm³/mol. The molecular weight excluding hydrogens is 452 g/mol. The van der Waals surface area contributed by atoms with Gasteiger partial charge in [0.2, 0.25) is 0 Å². The Bertz CT molecular complexity index is 1410. The number of hydrogen-bond donors (Lipinski definition) is 1. The van der Waals surface area contributed by atoms with Gasteiger partial charge in [0.15, 0.2) is 0 Å². The maximum atomic E-state index is 13.7. The predicted octanol–water partition coefficient (Wildman–Crippen LogP) is 3.56. The van der Waals surface area contributed by atoms with Gasteiger partial charge in [-0.05, 0) is 32.4 Å². The highest BCUT2D eigenvalue weighted by Crippen LogP contribution is 2.31. The van der Waals surface area contributed by atoms with Crippen LogP contribution in [0.2, 0.25) is 5.02 Å². The molecule has 3 aromatic heterocycles. The molecule has 0 radical (unpaired) electrons. The van der Waals surface area contributed by atoms with Crippen molar-refractivity contribution in [3.8, 4) is 22.4 Å². The number of benzene rings is 1. The summed E-state index contributed by atoms with van der Waals surface area (Å²) in [5.74, 6) is 0.616. The molecule has 1 aliphatic rings. The monoisotopic (exact) mass is 476 g/mol. The van der Waals surface area contributed by atoms with Crippen molar-refractivity contribution in [3.05, 3.63) is 69.8 Å². The van der Waals surface area contributed by atoms with E-state index in [4.69, 9.17) is 16.3 Å². The van der Waals surface area contributed by atoms with Crippen molar-refractivity contribution in [2.24, 2.45) is 0 Å². The molecule has 0 amide bonds. The summed E-state index contributed by atoms with van der Waals surface area (Å²) in [5, 5.41) is 4.59. The molecular formula is C25H25ClN6O2. The van der Waals surface area contributed by atoms with E-state index in [-0.39, 0.29) is 11.7 Å². The Kier molecular flexibility index (Phi) is 6.36. The van der Waals surface area contributed by atoms with Crippen molar-refractivity contribution in [1.82, 2.24) is 29.8 Å². The van der Waals surface area contributed by atoms with Crippen LogP contribution in [0.4, 0.5) is 0 Å². The van der Waals surface area contributed by atoms with Crippen LogP contribution in [-0.2, 0) is 11.3 Å². The number of nitrogens with zero attached hydrogens (tertiary/aromatic N) is 5. The number of pyridine rings is 1. The van der Waals surface area contributed by atoms with Gasteiger partial charge in [-0.2, -0.15) is 0 Å². The number of morpholine rings is 1. The third-order valence-electron chi connectivity index (χ3n) is 5.94. The molecule has 9 heteroatoms. The van der Waals surface area contributed by atoms with Gasteiger partial charge < -0.3 is 10.1 Å². The first-order valence-corrected chi connectivity index (χ1v) is 11.7.